The minimum Gasteiger partial charge on any atom is -0.463 e. The van der Waals surface area contributed by atoms with Crippen molar-refractivity contribution in [2.75, 3.05) is 13.2 Å². The Morgan fingerprint density at radius 3 is 2.32 bits per heavy atom. The Hall–Kier alpha value is -3.90. The quantitative estimate of drug-likeness (QED) is 0.362. The van der Waals surface area contributed by atoms with Crippen molar-refractivity contribution in [1.82, 2.24) is 10.2 Å². The van der Waals surface area contributed by atoms with E-state index in [2.05, 4.69) is 5.32 Å². The molecule has 1 atom stereocenters. The summed E-state index contributed by atoms with van der Waals surface area (Å²) >= 11 is 6.05. The van der Waals surface area contributed by atoms with Gasteiger partial charge in [-0.05, 0) is 61.2 Å². The molecule has 1 aliphatic heterocycles. The number of benzene rings is 3. The highest BCUT2D eigenvalue weighted by atomic mass is 35.5. The first-order valence-corrected chi connectivity index (χ1v) is 13.1. The van der Waals surface area contributed by atoms with Gasteiger partial charge >= 0.3 is 5.97 Å². The van der Waals surface area contributed by atoms with Gasteiger partial charge in [-0.3, -0.25) is 9.59 Å². The summed E-state index contributed by atoms with van der Waals surface area (Å²) in [5, 5.41) is 3.53. The first-order chi connectivity index (χ1) is 18.4. The van der Waals surface area contributed by atoms with Gasteiger partial charge in [0.25, 0.3) is 5.91 Å². The molecule has 0 aliphatic carbocycles. The van der Waals surface area contributed by atoms with E-state index in [4.69, 9.17) is 16.3 Å². The lowest BCUT2D eigenvalue weighted by molar-refractivity contribution is -0.140. The Labute approximate surface area is 228 Å². The number of esters is 1. The second-order valence-corrected chi connectivity index (χ2v) is 9.63. The second-order valence-electron chi connectivity index (χ2n) is 9.20. The molecule has 0 saturated heterocycles. The van der Waals surface area contributed by atoms with Crippen molar-refractivity contribution < 1.29 is 19.1 Å². The van der Waals surface area contributed by atoms with E-state index < -0.39 is 11.9 Å². The number of carbonyl (C=O) groups is 3. The molecule has 1 unspecified atom stereocenters. The van der Waals surface area contributed by atoms with Crippen LogP contribution in [0.15, 0.2) is 90.1 Å². The number of nitrogens with zero attached hydrogens (tertiary/aromatic N) is 1. The molecule has 196 valence electrons. The highest BCUT2D eigenvalue weighted by molar-refractivity contribution is 6.30. The highest BCUT2D eigenvalue weighted by Gasteiger charge is 2.36. The van der Waals surface area contributed by atoms with Gasteiger partial charge in [-0.2, -0.15) is 0 Å². The number of hydrogen-bond donors (Lipinski definition) is 1. The summed E-state index contributed by atoms with van der Waals surface area (Å²) in [6.07, 6.45) is 0.905. The molecule has 2 amide bonds. The Kier molecular flexibility index (Phi) is 8.98. The van der Waals surface area contributed by atoms with Crippen LogP contribution in [0, 0.1) is 0 Å². The molecule has 6 nitrogen and oxygen atoms in total. The first kappa shape index (κ1) is 27.1. The number of hydrogen-bond acceptors (Lipinski definition) is 4. The van der Waals surface area contributed by atoms with Crippen molar-refractivity contribution in [3.05, 3.63) is 117 Å². The SMILES string of the molecule is CCOC(=O)C1=C(C)N(Cc2ccc(C(=O)NCCc3ccccc3)cc2)C(=O)CC1c1ccc(Cl)cc1. The van der Waals surface area contributed by atoms with Crippen LogP contribution in [0.25, 0.3) is 0 Å². The largest absolute Gasteiger partial charge is 0.463 e. The smallest absolute Gasteiger partial charge is 0.336 e. The molecule has 0 radical (unpaired) electrons. The maximum Gasteiger partial charge on any atom is 0.336 e. The van der Waals surface area contributed by atoms with Crippen LogP contribution in [0.3, 0.4) is 0 Å². The van der Waals surface area contributed by atoms with Crippen LogP contribution < -0.4 is 5.32 Å². The van der Waals surface area contributed by atoms with Gasteiger partial charge in [-0.25, -0.2) is 4.79 Å². The number of amides is 2. The maximum atomic E-state index is 13.2. The first-order valence-electron chi connectivity index (χ1n) is 12.7. The van der Waals surface area contributed by atoms with E-state index in [1.807, 2.05) is 54.6 Å². The fourth-order valence-corrected chi connectivity index (χ4v) is 4.79. The average Bonchev–Trinajstić information content (AvgIpc) is 2.92. The predicted molar refractivity (Wildman–Crippen MR) is 148 cm³/mol. The molecule has 1 aliphatic rings. The lowest BCUT2D eigenvalue weighted by Gasteiger charge is -2.34. The monoisotopic (exact) mass is 530 g/mol. The van der Waals surface area contributed by atoms with E-state index in [-0.39, 0.29) is 31.4 Å². The summed E-state index contributed by atoms with van der Waals surface area (Å²) in [6, 6.07) is 24.4. The summed E-state index contributed by atoms with van der Waals surface area (Å²) in [6.45, 7) is 4.61. The zero-order valence-corrected chi connectivity index (χ0v) is 22.3. The summed E-state index contributed by atoms with van der Waals surface area (Å²) in [5.74, 6) is -1.06. The van der Waals surface area contributed by atoms with Gasteiger partial charge in [-0.1, -0.05) is 66.2 Å². The van der Waals surface area contributed by atoms with Crippen molar-refractivity contribution in [3.8, 4) is 0 Å². The highest BCUT2D eigenvalue weighted by Crippen LogP contribution is 2.38. The number of ether oxygens (including phenoxy) is 1. The van der Waals surface area contributed by atoms with Crippen molar-refractivity contribution in [1.29, 1.82) is 0 Å². The Morgan fingerprint density at radius 2 is 1.66 bits per heavy atom. The van der Waals surface area contributed by atoms with Crippen LogP contribution in [0.2, 0.25) is 5.02 Å². The lowest BCUT2D eigenvalue weighted by atomic mass is 9.83. The molecule has 0 fully saturated rings. The van der Waals surface area contributed by atoms with Crippen LogP contribution in [0.4, 0.5) is 0 Å². The standard InChI is InChI=1S/C31H31ClN2O4/c1-3-38-31(37)29-21(2)34(28(35)19-27(29)24-13-15-26(32)16-14-24)20-23-9-11-25(12-10-23)30(36)33-18-17-22-7-5-4-6-8-22/h4-16,27H,3,17-20H2,1-2H3,(H,33,36). The van der Waals surface area contributed by atoms with E-state index in [1.54, 1.807) is 43.0 Å². The Morgan fingerprint density at radius 1 is 0.974 bits per heavy atom. The molecule has 7 heteroatoms. The number of rotatable bonds is 9. The van der Waals surface area contributed by atoms with Gasteiger partial charge in [0.05, 0.1) is 18.7 Å². The fraction of sp³-hybridized carbons (Fsp3) is 0.258. The van der Waals surface area contributed by atoms with Crippen molar-refractivity contribution in [2.24, 2.45) is 0 Å². The molecule has 0 spiro atoms. The Bertz CT molecular complexity index is 1320. The van der Waals surface area contributed by atoms with E-state index in [0.29, 0.717) is 28.4 Å². The lowest BCUT2D eigenvalue weighted by Crippen LogP contribution is -2.38. The minimum absolute atomic E-state index is 0.0850. The van der Waals surface area contributed by atoms with E-state index in [1.165, 1.54) is 5.56 Å². The molecule has 3 aromatic rings. The van der Waals surface area contributed by atoms with Crippen molar-refractivity contribution in [2.45, 2.75) is 39.2 Å². The van der Waals surface area contributed by atoms with E-state index in [0.717, 1.165) is 17.5 Å². The molecule has 0 aromatic heterocycles. The summed E-state index contributed by atoms with van der Waals surface area (Å²) in [4.78, 5) is 40.4. The molecule has 0 saturated carbocycles. The topological polar surface area (TPSA) is 75.7 Å². The molecular weight excluding hydrogens is 500 g/mol. The third-order valence-electron chi connectivity index (χ3n) is 6.69. The van der Waals surface area contributed by atoms with Gasteiger partial charge < -0.3 is 15.0 Å². The van der Waals surface area contributed by atoms with Gasteiger partial charge in [0.1, 0.15) is 0 Å². The molecule has 4 rings (SSSR count). The third-order valence-corrected chi connectivity index (χ3v) is 6.94. The van der Waals surface area contributed by atoms with Gasteiger partial charge in [-0.15, -0.1) is 0 Å². The summed E-state index contributed by atoms with van der Waals surface area (Å²) < 4.78 is 5.36. The minimum atomic E-state index is -0.426. The zero-order chi connectivity index (χ0) is 27.1. The average molecular weight is 531 g/mol. The number of nitrogens with one attached hydrogen (secondary N) is 1. The second kappa shape index (κ2) is 12.6. The summed E-state index contributed by atoms with van der Waals surface area (Å²) in [7, 11) is 0. The van der Waals surface area contributed by atoms with Crippen molar-refractivity contribution >= 4 is 29.4 Å². The van der Waals surface area contributed by atoms with Crippen LogP contribution in [0.1, 0.15) is 53.2 Å². The summed E-state index contributed by atoms with van der Waals surface area (Å²) in [5.41, 5.74) is 4.46. The fourth-order valence-electron chi connectivity index (χ4n) is 4.67. The number of halogens is 1. The van der Waals surface area contributed by atoms with Crippen LogP contribution in [-0.4, -0.2) is 35.8 Å². The number of allylic oxidation sites excluding steroid dienone is 1. The van der Waals surface area contributed by atoms with Gasteiger partial charge in [0, 0.05) is 35.2 Å². The number of carbonyl (C=O) groups excluding carboxylic acids is 3. The van der Waals surface area contributed by atoms with Gasteiger partial charge in [0.15, 0.2) is 0 Å². The zero-order valence-electron chi connectivity index (χ0n) is 21.6. The molecule has 1 N–H and O–H groups in total. The molecule has 3 aromatic carbocycles. The van der Waals surface area contributed by atoms with Gasteiger partial charge in [0.2, 0.25) is 5.91 Å². The van der Waals surface area contributed by atoms with Crippen LogP contribution >= 0.6 is 11.6 Å². The molecule has 0 bridgehead atoms. The van der Waals surface area contributed by atoms with Crippen LogP contribution in [0.5, 0.6) is 0 Å². The van der Waals surface area contributed by atoms with E-state index >= 15 is 0 Å². The normalized spacial score (nSPS) is 15.4. The van der Waals surface area contributed by atoms with Crippen molar-refractivity contribution in [3.63, 3.8) is 0 Å². The van der Waals surface area contributed by atoms with Crippen LogP contribution in [-0.2, 0) is 27.3 Å². The third kappa shape index (κ3) is 6.50. The predicted octanol–water partition coefficient (Wildman–Crippen LogP) is 5.67. The molecular formula is C31H31ClN2O4. The maximum absolute atomic E-state index is 13.2. The van der Waals surface area contributed by atoms with E-state index in [9.17, 15) is 14.4 Å². The molecule has 1 heterocycles. The Balaban J connectivity index is 1.47. The molecule has 38 heavy (non-hydrogen) atoms.